The Hall–Kier alpha value is -1.84. The van der Waals surface area contributed by atoms with E-state index in [0.29, 0.717) is 13.2 Å². The van der Waals surface area contributed by atoms with Crippen molar-refractivity contribution in [3.8, 4) is 16.9 Å². The molecule has 0 aliphatic rings. The van der Waals surface area contributed by atoms with Crippen LogP contribution >= 0.6 is 0 Å². The molecule has 3 heteroatoms. The highest BCUT2D eigenvalue weighted by molar-refractivity contribution is 5.63. The summed E-state index contributed by atoms with van der Waals surface area (Å²) in [5.74, 6) is 0.787. The summed E-state index contributed by atoms with van der Waals surface area (Å²) in [7, 11) is 6.16. The van der Waals surface area contributed by atoms with Crippen LogP contribution in [-0.4, -0.2) is 50.0 Å². The average molecular weight is 286 g/mol. The van der Waals surface area contributed by atoms with Crippen LogP contribution < -0.4 is 4.74 Å². The van der Waals surface area contributed by atoms with E-state index in [2.05, 4.69) is 33.3 Å². The number of likely N-dealkylation sites (N-methyl/N-ethyl adjacent to an activating group) is 1. The molecule has 1 N–H and O–H groups in total. The summed E-state index contributed by atoms with van der Waals surface area (Å²) in [6, 6.07) is 18.2. The first-order chi connectivity index (χ1) is 9.94. The van der Waals surface area contributed by atoms with Gasteiger partial charge in [0.05, 0.1) is 21.1 Å². The largest absolute Gasteiger partial charge is 0.491 e. The molecule has 0 radical (unpaired) electrons. The standard InChI is InChI=1S/C18H24NO2/c1-19(2,3)13-17(20)14-21-18-11-9-16(10-12-18)15-7-5-4-6-8-15/h4-12,17,20H,13-14H2,1-3H3/q+1. The first-order valence-corrected chi connectivity index (χ1v) is 7.21. The molecule has 112 valence electrons. The second-order valence-electron chi connectivity index (χ2n) is 6.33. The van der Waals surface area contributed by atoms with Gasteiger partial charge >= 0.3 is 0 Å². The Bertz CT molecular complexity index is 544. The number of benzene rings is 2. The molecule has 0 amide bonds. The maximum atomic E-state index is 9.94. The van der Waals surface area contributed by atoms with Crippen LogP contribution in [0.5, 0.6) is 5.75 Å². The molecule has 0 saturated carbocycles. The molecule has 3 nitrogen and oxygen atoms in total. The average Bonchev–Trinajstić information content (AvgIpc) is 2.45. The number of hydrogen-bond acceptors (Lipinski definition) is 2. The van der Waals surface area contributed by atoms with Crippen molar-refractivity contribution in [3.05, 3.63) is 54.6 Å². The number of rotatable bonds is 6. The fourth-order valence-corrected chi connectivity index (χ4v) is 2.25. The SMILES string of the molecule is C[N+](C)(C)CC(O)COc1ccc(-c2ccccc2)cc1. The van der Waals surface area contributed by atoms with Crippen molar-refractivity contribution >= 4 is 0 Å². The number of aliphatic hydroxyl groups is 1. The van der Waals surface area contributed by atoms with Crippen molar-refractivity contribution in [1.82, 2.24) is 0 Å². The zero-order valence-electron chi connectivity index (χ0n) is 13.0. The van der Waals surface area contributed by atoms with Crippen LogP contribution in [0.3, 0.4) is 0 Å². The highest BCUT2D eigenvalue weighted by Crippen LogP contribution is 2.22. The number of hydrogen-bond donors (Lipinski definition) is 1. The second-order valence-corrected chi connectivity index (χ2v) is 6.33. The molecule has 2 rings (SSSR count). The van der Waals surface area contributed by atoms with Gasteiger partial charge in [-0.15, -0.1) is 0 Å². The first-order valence-electron chi connectivity index (χ1n) is 7.21. The van der Waals surface area contributed by atoms with E-state index in [1.165, 1.54) is 5.56 Å². The molecule has 21 heavy (non-hydrogen) atoms. The number of nitrogens with zero attached hydrogens (tertiary/aromatic N) is 1. The Morgan fingerprint density at radius 2 is 1.48 bits per heavy atom. The first kappa shape index (κ1) is 15.5. The summed E-state index contributed by atoms with van der Waals surface area (Å²) in [5.41, 5.74) is 2.35. The van der Waals surface area contributed by atoms with Gasteiger partial charge in [-0.3, -0.25) is 0 Å². The van der Waals surface area contributed by atoms with Crippen LogP contribution in [0.1, 0.15) is 0 Å². The molecule has 0 aromatic heterocycles. The lowest BCUT2D eigenvalue weighted by atomic mass is 10.1. The van der Waals surface area contributed by atoms with Gasteiger partial charge in [0, 0.05) is 0 Å². The van der Waals surface area contributed by atoms with Crippen molar-refractivity contribution < 1.29 is 14.3 Å². The zero-order chi connectivity index (χ0) is 15.3. The number of aliphatic hydroxyl groups excluding tert-OH is 1. The summed E-state index contributed by atoms with van der Waals surface area (Å²) in [4.78, 5) is 0. The summed E-state index contributed by atoms with van der Waals surface area (Å²) in [5, 5.41) is 9.94. The Labute approximate surface area is 127 Å². The van der Waals surface area contributed by atoms with E-state index in [4.69, 9.17) is 4.74 Å². The van der Waals surface area contributed by atoms with Gasteiger partial charge in [0.25, 0.3) is 0 Å². The van der Waals surface area contributed by atoms with Gasteiger partial charge in [-0.2, -0.15) is 0 Å². The van der Waals surface area contributed by atoms with Gasteiger partial charge in [0.2, 0.25) is 0 Å². The summed E-state index contributed by atoms with van der Waals surface area (Å²) >= 11 is 0. The Morgan fingerprint density at radius 3 is 2.05 bits per heavy atom. The molecule has 2 aromatic rings. The Kier molecular flexibility index (Phi) is 4.99. The molecular formula is C18H24NO2+. The van der Waals surface area contributed by atoms with E-state index in [1.807, 2.05) is 42.5 Å². The highest BCUT2D eigenvalue weighted by atomic mass is 16.5. The molecule has 0 aliphatic carbocycles. The van der Waals surface area contributed by atoms with Gasteiger partial charge in [0.15, 0.2) is 0 Å². The van der Waals surface area contributed by atoms with E-state index in [1.54, 1.807) is 0 Å². The van der Waals surface area contributed by atoms with Crippen molar-refractivity contribution in [3.63, 3.8) is 0 Å². The maximum Gasteiger partial charge on any atom is 0.137 e. The Morgan fingerprint density at radius 1 is 0.905 bits per heavy atom. The zero-order valence-corrected chi connectivity index (χ0v) is 13.0. The lowest BCUT2D eigenvalue weighted by Gasteiger charge is -2.26. The minimum atomic E-state index is -0.459. The van der Waals surface area contributed by atoms with Crippen LogP contribution in [-0.2, 0) is 0 Å². The van der Waals surface area contributed by atoms with Gasteiger partial charge in [-0.1, -0.05) is 42.5 Å². The third-order valence-corrected chi connectivity index (χ3v) is 3.16. The predicted molar refractivity (Wildman–Crippen MR) is 86.3 cm³/mol. The van der Waals surface area contributed by atoms with E-state index >= 15 is 0 Å². The quantitative estimate of drug-likeness (QED) is 0.828. The van der Waals surface area contributed by atoms with Crippen molar-refractivity contribution in [2.24, 2.45) is 0 Å². The normalized spacial score (nSPS) is 13.0. The van der Waals surface area contributed by atoms with Crippen LogP contribution in [0.25, 0.3) is 11.1 Å². The summed E-state index contributed by atoms with van der Waals surface area (Å²) in [6.45, 7) is 0.988. The minimum absolute atomic E-state index is 0.320. The van der Waals surface area contributed by atoms with Gasteiger partial charge in [-0.05, 0) is 23.3 Å². The minimum Gasteiger partial charge on any atom is -0.491 e. The third kappa shape index (κ3) is 5.21. The molecule has 0 heterocycles. The summed E-state index contributed by atoms with van der Waals surface area (Å²) in [6.07, 6.45) is -0.459. The van der Waals surface area contributed by atoms with Gasteiger partial charge < -0.3 is 14.3 Å². The molecular weight excluding hydrogens is 262 g/mol. The topological polar surface area (TPSA) is 29.5 Å². The Balaban J connectivity index is 1.91. The van der Waals surface area contributed by atoms with Crippen molar-refractivity contribution in [2.45, 2.75) is 6.10 Å². The van der Waals surface area contributed by atoms with Crippen LogP contribution in [0.4, 0.5) is 0 Å². The monoisotopic (exact) mass is 286 g/mol. The fourth-order valence-electron chi connectivity index (χ4n) is 2.25. The lowest BCUT2D eigenvalue weighted by Crippen LogP contribution is -2.43. The second kappa shape index (κ2) is 6.74. The van der Waals surface area contributed by atoms with Crippen LogP contribution in [0, 0.1) is 0 Å². The number of quaternary nitrogens is 1. The van der Waals surface area contributed by atoms with E-state index in [0.717, 1.165) is 15.8 Å². The molecule has 0 spiro atoms. The molecule has 0 bridgehead atoms. The van der Waals surface area contributed by atoms with Crippen molar-refractivity contribution in [1.29, 1.82) is 0 Å². The summed E-state index contributed by atoms with van der Waals surface area (Å²) < 4.78 is 6.36. The third-order valence-electron chi connectivity index (χ3n) is 3.16. The fraction of sp³-hybridized carbons (Fsp3) is 0.333. The predicted octanol–water partition coefficient (Wildman–Crippen LogP) is 2.80. The van der Waals surface area contributed by atoms with E-state index < -0.39 is 6.10 Å². The lowest BCUT2D eigenvalue weighted by molar-refractivity contribution is -0.873. The van der Waals surface area contributed by atoms with Crippen molar-refractivity contribution in [2.75, 3.05) is 34.3 Å². The highest BCUT2D eigenvalue weighted by Gasteiger charge is 2.15. The molecule has 2 aromatic carbocycles. The molecule has 0 fully saturated rings. The van der Waals surface area contributed by atoms with Crippen LogP contribution in [0.2, 0.25) is 0 Å². The van der Waals surface area contributed by atoms with E-state index in [-0.39, 0.29) is 0 Å². The molecule has 1 unspecified atom stereocenters. The van der Waals surface area contributed by atoms with Gasteiger partial charge in [0.1, 0.15) is 25.0 Å². The maximum absolute atomic E-state index is 9.94. The molecule has 1 atom stereocenters. The van der Waals surface area contributed by atoms with Gasteiger partial charge in [-0.25, -0.2) is 0 Å². The smallest absolute Gasteiger partial charge is 0.137 e. The molecule has 0 aliphatic heterocycles. The van der Waals surface area contributed by atoms with Crippen LogP contribution in [0.15, 0.2) is 54.6 Å². The van der Waals surface area contributed by atoms with E-state index in [9.17, 15) is 5.11 Å². The molecule has 0 saturated heterocycles. The number of ether oxygens (including phenoxy) is 1.